The van der Waals surface area contributed by atoms with Crippen LogP contribution in [0.15, 0.2) is 46.4 Å². The van der Waals surface area contributed by atoms with Gasteiger partial charge < -0.3 is 10.3 Å². The second kappa shape index (κ2) is 4.88. The largest absolute Gasteiger partial charge is 0.342 e. The Morgan fingerprint density at radius 1 is 1.28 bits per heavy atom. The van der Waals surface area contributed by atoms with Gasteiger partial charge in [0.15, 0.2) is 0 Å². The number of nitrogens with two attached hydrogens (primary N) is 1. The molecular weight excluding hydrogens is 308 g/mol. The maximum absolute atomic E-state index is 5.82. The highest BCUT2D eigenvalue weighted by molar-refractivity contribution is 9.10. The number of hydrogen-bond acceptors (Lipinski definition) is 2. The Kier molecular flexibility index (Phi) is 3.24. The van der Waals surface area contributed by atoms with Crippen LogP contribution < -0.4 is 5.73 Å². The Bertz CT molecular complexity index is 684. The minimum Gasteiger partial charge on any atom is -0.342 e. The lowest BCUT2D eigenvalue weighted by molar-refractivity contribution is 0.843. The van der Waals surface area contributed by atoms with Crippen LogP contribution in [0.25, 0.3) is 10.9 Å². The Morgan fingerprint density at radius 3 is 2.89 bits per heavy atom. The van der Waals surface area contributed by atoms with Crippen LogP contribution >= 0.6 is 27.3 Å². The van der Waals surface area contributed by atoms with Crippen molar-refractivity contribution in [3.63, 3.8) is 0 Å². The van der Waals surface area contributed by atoms with Gasteiger partial charge in [0.2, 0.25) is 0 Å². The van der Waals surface area contributed by atoms with Gasteiger partial charge in [-0.2, -0.15) is 0 Å². The molecule has 0 fully saturated rings. The van der Waals surface area contributed by atoms with Crippen molar-refractivity contribution >= 4 is 38.2 Å². The minimum atomic E-state index is 0.579. The third-order valence-corrected chi connectivity index (χ3v) is 4.72. The fourth-order valence-electron chi connectivity index (χ4n) is 2.24. The molecule has 0 unspecified atom stereocenters. The zero-order valence-corrected chi connectivity index (χ0v) is 12.2. The van der Waals surface area contributed by atoms with E-state index in [2.05, 4.69) is 62.4 Å². The first kappa shape index (κ1) is 12.0. The van der Waals surface area contributed by atoms with E-state index in [0.717, 1.165) is 11.0 Å². The summed E-state index contributed by atoms with van der Waals surface area (Å²) in [7, 11) is 0. The Hall–Kier alpha value is -1.10. The maximum Gasteiger partial charge on any atom is 0.0569 e. The van der Waals surface area contributed by atoms with Gasteiger partial charge in [0, 0.05) is 27.5 Å². The molecule has 0 aliphatic rings. The molecule has 2 aromatic heterocycles. The Morgan fingerprint density at radius 2 is 2.17 bits per heavy atom. The predicted molar refractivity (Wildman–Crippen MR) is 81.0 cm³/mol. The SMILES string of the molecule is NCc1cccc2ccn(Cc3cc(Br)cs3)c12. The zero-order valence-electron chi connectivity index (χ0n) is 9.77. The van der Waals surface area contributed by atoms with Crippen LogP contribution in [0.4, 0.5) is 0 Å². The van der Waals surface area contributed by atoms with Crippen molar-refractivity contribution < 1.29 is 0 Å². The molecule has 0 saturated heterocycles. The van der Waals surface area contributed by atoms with Gasteiger partial charge in [-0.25, -0.2) is 0 Å². The molecule has 0 bridgehead atoms. The molecule has 0 aliphatic heterocycles. The smallest absolute Gasteiger partial charge is 0.0569 e. The van der Waals surface area contributed by atoms with Crippen molar-refractivity contribution in [1.82, 2.24) is 4.57 Å². The van der Waals surface area contributed by atoms with Gasteiger partial charge in [-0.1, -0.05) is 18.2 Å². The summed E-state index contributed by atoms with van der Waals surface area (Å²) in [4.78, 5) is 1.34. The van der Waals surface area contributed by atoms with E-state index >= 15 is 0 Å². The first-order valence-corrected chi connectivity index (χ1v) is 7.45. The lowest BCUT2D eigenvalue weighted by atomic mass is 10.1. The molecule has 2 heterocycles. The molecule has 2 N–H and O–H groups in total. The highest BCUT2D eigenvalue weighted by atomic mass is 79.9. The Balaban J connectivity index is 2.06. The van der Waals surface area contributed by atoms with E-state index in [1.54, 1.807) is 11.3 Å². The molecule has 0 atom stereocenters. The number of rotatable bonds is 3. The van der Waals surface area contributed by atoms with E-state index in [4.69, 9.17) is 5.73 Å². The molecule has 0 aliphatic carbocycles. The third-order valence-electron chi connectivity index (χ3n) is 3.04. The van der Waals surface area contributed by atoms with Gasteiger partial charge in [-0.3, -0.25) is 0 Å². The van der Waals surface area contributed by atoms with Crippen molar-refractivity contribution in [2.75, 3.05) is 0 Å². The lowest BCUT2D eigenvalue weighted by Crippen LogP contribution is -2.02. The molecule has 0 radical (unpaired) electrons. The van der Waals surface area contributed by atoms with Gasteiger partial charge in [0.1, 0.15) is 0 Å². The van der Waals surface area contributed by atoms with Crippen molar-refractivity contribution in [3.05, 3.63) is 56.8 Å². The highest BCUT2D eigenvalue weighted by Gasteiger charge is 2.07. The number of para-hydroxylation sites is 1. The molecule has 0 spiro atoms. The average molecular weight is 321 g/mol. The summed E-state index contributed by atoms with van der Waals surface area (Å²) >= 11 is 5.27. The van der Waals surface area contributed by atoms with Gasteiger partial charge >= 0.3 is 0 Å². The van der Waals surface area contributed by atoms with E-state index in [1.807, 2.05) is 0 Å². The number of thiophene rings is 1. The molecule has 3 aromatic rings. The monoisotopic (exact) mass is 320 g/mol. The average Bonchev–Trinajstić information content (AvgIpc) is 2.97. The van der Waals surface area contributed by atoms with Gasteiger partial charge in [0.05, 0.1) is 12.1 Å². The highest BCUT2D eigenvalue weighted by Crippen LogP contribution is 2.25. The van der Waals surface area contributed by atoms with Crippen molar-refractivity contribution in [2.24, 2.45) is 5.73 Å². The summed E-state index contributed by atoms with van der Waals surface area (Å²) in [6, 6.07) is 10.6. The van der Waals surface area contributed by atoms with Gasteiger partial charge in [-0.05, 0) is 39.0 Å². The molecule has 4 heteroatoms. The third kappa shape index (κ3) is 2.11. The van der Waals surface area contributed by atoms with Crippen molar-refractivity contribution in [3.8, 4) is 0 Å². The molecule has 0 amide bonds. The summed E-state index contributed by atoms with van der Waals surface area (Å²) < 4.78 is 3.42. The van der Waals surface area contributed by atoms with Crippen LogP contribution in [0.5, 0.6) is 0 Å². The van der Waals surface area contributed by atoms with Gasteiger partial charge in [-0.15, -0.1) is 11.3 Å². The first-order chi connectivity index (χ1) is 8.78. The molecular formula is C14H13BrN2S. The van der Waals surface area contributed by atoms with Crippen LogP contribution in [-0.4, -0.2) is 4.57 Å². The van der Waals surface area contributed by atoms with E-state index in [0.29, 0.717) is 6.54 Å². The molecule has 1 aromatic carbocycles. The molecule has 0 saturated carbocycles. The number of benzene rings is 1. The fraction of sp³-hybridized carbons (Fsp3) is 0.143. The van der Waals surface area contributed by atoms with E-state index in [-0.39, 0.29) is 0 Å². The van der Waals surface area contributed by atoms with E-state index < -0.39 is 0 Å². The lowest BCUT2D eigenvalue weighted by Gasteiger charge is -2.07. The maximum atomic E-state index is 5.82. The van der Waals surface area contributed by atoms with Crippen LogP contribution in [0, 0.1) is 0 Å². The van der Waals surface area contributed by atoms with Crippen molar-refractivity contribution in [1.29, 1.82) is 0 Å². The molecule has 2 nitrogen and oxygen atoms in total. The Labute approximate surface area is 118 Å². The van der Waals surface area contributed by atoms with Crippen LogP contribution in [0.3, 0.4) is 0 Å². The minimum absolute atomic E-state index is 0.579. The van der Waals surface area contributed by atoms with E-state index in [1.165, 1.54) is 21.3 Å². The molecule has 18 heavy (non-hydrogen) atoms. The van der Waals surface area contributed by atoms with Gasteiger partial charge in [0.25, 0.3) is 0 Å². The quantitative estimate of drug-likeness (QED) is 0.777. The first-order valence-electron chi connectivity index (χ1n) is 5.77. The number of nitrogens with zero attached hydrogens (tertiary/aromatic N) is 1. The summed E-state index contributed by atoms with van der Waals surface area (Å²) in [5, 5.41) is 3.37. The van der Waals surface area contributed by atoms with E-state index in [9.17, 15) is 0 Å². The normalized spacial score (nSPS) is 11.2. The van der Waals surface area contributed by atoms with Crippen LogP contribution in [-0.2, 0) is 13.1 Å². The predicted octanol–water partition coefficient (Wildman–Crippen LogP) is 3.97. The molecule has 3 rings (SSSR count). The second-order valence-corrected chi connectivity index (χ2v) is 6.15. The van der Waals surface area contributed by atoms with Crippen LogP contribution in [0.2, 0.25) is 0 Å². The topological polar surface area (TPSA) is 30.9 Å². The number of halogens is 1. The fourth-order valence-corrected chi connectivity index (χ4v) is 3.69. The summed E-state index contributed by atoms with van der Waals surface area (Å²) in [5.74, 6) is 0. The van der Waals surface area contributed by atoms with Crippen molar-refractivity contribution in [2.45, 2.75) is 13.1 Å². The van der Waals surface area contributed by atoms with Crippen LogP contribution in [0.1, 0.15) is 10.4 Å². The summed E-state index contributed by atoms with van der Waals surface area (Å²) in [5.41, 5.74) is 8.28. The molecule has 92 valence electrons. The second-order valence-electron chi connectivity index (χ2n) is 4.23. The summed E-state index contributed by atoms with van der Waals surface area (Å²) in [6.45, 7) is 1.48. The summed E-state index contributed by atoms with van der Waals surface area (Å²) in [6.07, 6.45) is 2.14. The number of hydrogen-bond donors (Lipinski definition) is 1. The number of fused-ring (bicyclic) bond motifs is 1. The standard InChI is InChI=1S/C14H13BrN2S/c15-12-6-13(18-9-12)8-17-5-4-10-2-1-3-11(7-16)14(10)17/h1-6,9H,7-8,16H2. The zero-order chi connectivity index (χ0) is 12.5. The number of aromatic nitrogens is 1.